The van der Waals surface area contributed by atoms with E-state index in [2.05, 4.69) is 10.1 Å². The summed E-state index contributed by atoms with van der Waals surface area (Å²) < 4.78 is 5.06. The SMILES string of the molecule is N=C(N)c1ncn(O[C@@H]2O[C@H](CO)[C@@H](O)[C@H]2O)n1. The Hall–Kier alpha value is -1.75. The number of rotatable bonds is 4. The number of hydrogen-bond acceptors (Lipinski definition) is 8. The molecular formula is C8H13N5O5. The molecule has 0 bridgehead atoms. The van der Waals surface area contributed by atoms with E-state index in [1.807, 2.05) is 0 Å². The van der Waals surface area contributed by atoms with Gasteiger partial charge in [0.1, 0.15) is 18.3 Å². The molecule has 1 aromatic heterocycles. The molecule has 1 saturated heterocycles. The minimum Gasteiger partial charge on any atom is -0.394 e. The van der Waals surface area contributed by atoms with E-state index in [4.69, 9.17) is 25.8 Å². The fraction of sp³-hybridized carbons (Fsp3) is 0.625. The Balaban J connectivity index is 2.03. The van der Waals surface area contributed by atoms with Crippen molar-refractivity contribution in [3.63, 3.8) is 0 Å². The first-order chi connectivity index (χ1) is 8.52. The van der Waals surface area contributed by atoms with E-state index in [0.717, 1.165) is 11.2 Å². The summed E-state index contributed by atoms with van der Waals surface area (Å²) in [5.74, 6) is -0.375. The quantitative estimate of drug-likeness (QED) is 0.274. The maximum Gasteiger partial charge on any atom is 0.256 e. The van der Waals surface area contributed by atoms with Gasteiger partial charge in [-0.25, -0.2) is 4.98 Å². The van der Waals surface area contributed by atoms with Crippen LogP contribution in [0, 0.1) is 5.41 Å². The van der Waals surface area contributed by atoms with Gasteiger partial charge in [0.2, 0.25) is 5.82 Å². The first-order valence-corrected chi connectivity index (χ1v) is 5.08. The highest BCUT2D eigenvalue weighted by molar-refractivity contribution is 5.90. The number of aromatic nitrogens is 3. The van der Waals surface area contributed by atoms with Gasteiger partial charge in [0.25, 0.3) is 6.29 Å². The molecule has 0 radical (unpaired) electrons. The molecule has 0 amide bonds. The average molecular weight is 259 g/mol. The number of nitrogen functional groups attached to an aromatic ring is 1. The summed E-state index contributed by atoms with van der Waals surface area (Å²) in [6.45, 7) is -0.450. The molecule has 0 aromatic carbocycles. The van der Waals surface area contributed by atoms with E-state index in [1.165, 1.54) is 0 Å². The summed E-state index contributed by atoms with van der Waals surface area (Å²) in [7, 11) is 0. The molecule has 1 fully saturated rings. The Morgan fingerprint density at radius 2 is 2.28 bits per heavy atom. The molecule has 10 nitrogen and oxygen atoms in total. The van der Waals surface area contributed by atoms with Gasteiger partial charge in [-0.3, -0.25) is 5.41 Å². The van der Waals surface area contributed by atoms with Gasteiger partial charge in [0.15, 0.2) is 12.2 Å². The normalized spacial score (nSPS) is 31.5. The van der Waals surface area contributed by atoms with Crippen LogP contribution < -0.4 is 10.6 Å². The summed E-state index contributed by atoms with van der Waals surface area (Å²) in [5.41, 5.74) is 5.16. The molecule has 0 unspecified atom stereocenters. The highest BCUT2D eigenvalue weighted by Crippen LogP contribution is 2.20. The second kappa shape index (κ2) is 4.86. The van der Waals surface area contributed by atoms with Crippen LogP contribution in [0.1, 0.15) is 5.82 Å². The summed E-state index contributed by atoms with van der Waals surface area (Å²) in [4.78, 5) is 9.60. The van der Waals surface area contributed by atoms with Gasteiger partial charge in [0, 0.05) is 0 Å². The lowest BCUT2D eigenvalue weighted by atomic mass is 10.1. The molecule has 1 aromatic rings. The zero-order chi connectivity index (χ0) is 13.3. The van der Waals surface area contributed by atoms with Crippen LogP contribution in [0.3, 0.4) is 0 Å². The van der Waals surface area contributed by atoms with Gasteiger partial charge in [-0.2, -0.15) is 0 Å². The van der Waals surface area contributed by atoms with Crippen LogP contribution in [-0.4, -0.2) is 67.3 Å². The first kappa shape index (κ1) is 12.7. The van der Waals surface area contributed by atoms with Crippen LogP contribution in [0.5, 0.6) is 0 Å². The van der Waals surface area contributed by atoms with E-state index in [9.17, 15) is 10.2 Å². The number of amidine groups is 1. The van der Waals surface area contributed by atoms with Crippen molar-refractivity contribution in [2.75, 3.05) is 6.61 Å². The Labute approximate surface area is 101 Å². The molecule has 2 heterocycles. The summed E-state index contributed by atoms with van der Waals surface area (Å²) >= 11 is 0. The highest BCUT2D eigenvalue weighted by atomic mass is 16.8. The fourth-order valence-electron chi connectivity index (χ4n) is 1.48. The first-order valence-electron chi connectivity index (χ1n) is 5.08. The largest absolute Gasteiger partial charge is 0.394 e. The highest BCUT2D eigenvalue weighted by Gasteiger charge is 2.44. The Kier molecular flexibility index (Phi) is 3.43. The second-order valence-electron chi connectivity index (χ2n) is 3.70. The lowest BCUT2D eigenvalue weighted by Gasteiger charge is -2.14. The Morgan fingerprint density at radius 1 is 1.56 bits per heavy atom. The predicted octanol–water partition coefficient (Wildman–Crippen LogP) is -3.57. The number of nitrogens with one attached hydrogen (secondary N) is 1. The molecular weight excluding hydrogens is 246 g/mol. The molecule has 2 rings (SSSR count). The minimum atomic E-state index is -1.33. The van der Waals surface area contributed by atoms with Crippen molar-refractivity contribution in [2.45, 2.75) is 24.6 Å². The smallest absolute Gasteiger partial charge is 0.256 e. The summed E-state index contributed by atoms with van der Waals surface area (Å²) in [5, 5.41) is 38.7. The van der Waals surface area contributed by atoms with Crippen molar-refractivity contribution in [1.82, 2.24) is 14.9 Å². The van der Waals surface area contributed by atoms with Gasteiger partial charge < -0.3 is 30.6 Å². The number of aliphatic hydroxyl groups excluding tert-OH is 3. The maximum atomic E-state index is 9.60. The summed E-state index contributed by atoms with van der Waals surface area (Å²) in [6, 6.07) is 0. The van der Waals surface area contributed by atoms with Crippen LogP contribution >= 0.6 is 0 Å². The molecule has 18 heavy (non-hydrogen) atoms. The molecule has 1 aliphatic rings. The zero-order valence-electron chi connectivity index (χ0n) is 9.17. The standard InChI is InChI=1S/C8H13N5O5/c9-6(10)7-11-2-13(12-7)18-8-5(16)4(15)3(1-14)17-8/h2-5,8,14-16H,1H2,(H3,9,10)/t3-,4-,5-,8+/m1/s1. The van der Waals surface area contributed by atoms with Gasteiger partial charge in [-0.15, -0.1) is 5.10 Å². The van der Waals surface area contributed by atoms with Gasteiger partial charge in [-0.1, -0.05) is 4.85 Å². The van der Waals surface area contributed by atoms with E-state index in [-0.39, 0.29) is 11.7 Å². The fourth-order valence-corrected chi connectivity index (χ4v) is 1.48. The third-order valence-corrected chi connectivity index (χ3v) is 2.42. The van der Waals surface area contributed by atoms with Crippen molar-refractivity contribution in [3.8, 4) is 0 Å². The van der Waals surface area contributed by atoms with Gasteiger partial charge in [-0.05, 0) is 0 Å². The van der Waals surface area contributed by atoms with E-state index >= 15 is 0 Å². The van der Waals surface area contributed by atoms with Crippen LogP contribution in [0.4, 0.5) is 0 Å². The number of nitrogens with zero attached hydrogens (tertiary/aromatic N) is 3. The van der Waals surface area contributed by atoms with Crippen LogP contribution in [0.15, 0.2) is 6.33 Å². The lowest BCUT2D eigenvalue weighted by molar-refractivity contribution is -0.178. The molecule has 6 N–H and O–H groups in total. The van der Waals surface area contributed by atoms with Crippen LogP contribution in [0.25, 0.3) is 0 Å². The molecule has 0 aliphatic carbocycles. The van der Waals surface area contributed by atoms with Crippen molar-refractivity contribution >= 4 is 5.84 Å². The second-order valence-corrected chi connectivity index (χ2v) is 3.70. The molecule has 4 atom stereocenters. The molecule has 10 heteroatoms. The topological polar surface area (TPSA) is 160 Å². The van der Waals surface area contributed by atoms with Gasteiger partial charge in [0.05, 0.1) is 6.61 Å². The number of hydrogen-bond donors (Lipinski definition) is 5. The van der Waals surface area contributed by atoms with Crippen molar-refractivity contribution in [1.29, 1.82) is 5.41 Å². The van der Waals surface area contributed by atoms with Crippen molar-refractivity contribution < 1.29 is 24.9 Å². The monoisotopic (exact) mass is 259 g/mol. The summed E-state index contributed by atoms with van der Waals surface area (Å²) in [6.07, 6.45) is -3.58. The van der Waals surface area contributed by atoms with Crippen molar-refractivity contribution in [3.05, 3.63) is 12.2 Å². The predicted molar refractivity (Wildman–Crippen MR) is 55.4 cm³/mol. The van der Waals surface area contributed by atoms with E-state index in [1.54, 1.807) is 0 Å². The molecule has 0 saturated carbocycles. The molecule has 0 spiro atoms. The average Bonchev–Trinajstić information content (AvgIpc) is 2.90. The molecule has 100 valence electrons. The lowest BCUT2D eigenvalue weighted by Crippen LogP contribution is -2.38. The number of ether oxygens (including phenoxy) is 1. The third-order valence-electron chi connectivity index (χ3n) is 2.42. The number of aliphatic hydroxyl groups is 3. The number of nitrogens with two attached hydrogens (primary N) is 1. The van der Waals surface area contributed by atoms with E-state index < -0.39 is 31.2 Å². The van der Waals surface area contributed by atoms with Gasteiger partial charge >= 0.3 is 0 Å². The van der Waals surface area contributed by atoms with Crippen molar-refractivity contribution in [2.24, 2.45) is 5.73 Å². The maximum absolute atomic E-state index is 9.60. The minimum absolute atomic E-state index is 0.0401. The van der Waals surface area contributed by atoms with E-state index in [0.29, 0.717) is 0 Å². The zero-order valence-corrected chi connectivity index (χ0v) is 9.17. The van der Waals surface area contributed by atoms with Crippen LogP contribution in [0.2, 0.25) is 0 Å². The van der Waals surface area contributed by atoms with Crippen LogP contribution in [-0.2, 0) is 4.74 Å². The third kappa shape index (κ3) is 2.26. The molecule has 1 aliphatic heterocycles. The Morgan fingerprint density at radius 3 is 2.78 bits per heavy atom. The Bertz CT molecular complexity index is 437.